The van der Waals surface area contributed by atoms with Crippen LogP contribution in [0.5, 0.6) is 5.75 Å². The van der Waals surface area contributed by atoms with Gasteiger partial charge in [0.15, 0.2) is 0 Å². The van der Waals surface area contributed by atoms with E-state index < -0.39 is 17.9 Å². The van der Waals surface area contributed by atoms with Gasteiger partial charge in [-0.25, -0.2) is 9.78 Å². The van der Waals surface area contributed by atoms with E-state index in [0.29, 0.717) is 18.1 Å². The van der Waals surface area contributed by atoms with Crippen molar-refractivity contribution < 1.29 is 19.1 Å². The van der Waals surface area contributed by atoms with E-state index in [1.165, 1.54) is 7.11 Å². The quantitative estimate of drug-likeness (QED) is 0.461. The fourth-order valence-electron chi connectivity index (χ4n) is 3.61. The van der Waals surface area contributed by atoms with Gasteiger partial charge in [0.25, 0.3) is 5.91 Å². The fourth-order valence-corrected chi connectivity index (χ4v) is 3.61. The molecule has 158 valence electrons. The van der Waals surface area contributed by atoms with Gasteiger partial charge in [-0.3, -0.25) is 4.79 Å². The molecule has 0 aliphatic rings. The predicted octanol–water partition coefficient (Wildman–Crippen LogP) is 4.07. The van der Waals surface area contributed by atoms with Crippen LogP contribution in [-0.2, 0) is 9.53 Å². The number of methoxy groups -OCH3 is 1. The van der Waals surface area contributed by atoms with Crippen LogP contribution in [-0.4, -0.2) is 41.6 Å². The minimum absolute atomic E-state index is 0.203. The highest BCUT2D eigenvalue weighted by atomic mass is 16.5. The molecule has 2 aromatic heterocycles. The highest BCUT2D eigenvalue weighted by Crippen LogP contribution is 2.36. The van der Waals surface area contributed by atoms with Gasteiger partial charge in [-0.1, -0.05) is 30.3 Å². The number of hydrogen-bond acceptors (Lipinski definition) is 5. The summed E-state index contributed by atoms with van der Waals surface area (Å²) in [6.45, 7) is 3.99. The molecule has 0 saturated carbocycles. The van der Waals surface area contributed by atoms with Crippen LogP contribution in [0.2, 0.25) is 0 Å². The summed E-state index contributed by atoms with van der Waals surface area (Å²) in [5, 5.41) is 4.49. The van der Waals surface area contributed by atoms with Crippen molar-refractivity contribution in [3.05, 3.63) is 60.3 Å². The minimum Gasteiger partial charge on any atom is -0.493 e. The van der Waals surface area contributed by atoms with E-state index in [1.54, 1.807) is 13.0 Å². The molecule has 0 radical (unpaired) electrons. The number of para-hydroxylation sites is 2. The van der Waals surface area contributed by atoms with Gasteiger partial charge in [0.05, 0.1) is 24.9 Å². The molecule has 0 bridgehead atoms. The third-order valence-electron chi connectivity index (χ3n) is 5.07. The van der Waals surface area contributed by atoms with Crippen LogP contribution in [0.1, 0.15) is 24.3 Å². The Balaban J connectivity index is 1.92. The molecule has 0 aliphatic carbocycles. The number of fused-ring (bicyclic) bond motifs is 3. The lowest BCUT2D eigenvalue weighted by Gasteiger charge is -2.14. The highest BCUT2D eigenvalue weighted by Gasteiger charge is 2.22. The third kappa shape index (κ3) is 3.82. The lowest BCUT2D eigenvalue weighted by molar-refractivity contribution is -0.142. The predicted molar refractivity (Wildman–Crippen MR) is 119 cm³/mol. The van der Waals surface area contributed by atoms with Crippen molar-refractivity contribution in [2.24, 2.45) is 0 Å². The number of pyridine rings is 1. The molecular weight excluding hydrogens is 394 g/mol. The first-order valence-corrected chi connectivity index (χ1v) is 10.1. The Bertz CT molecular complexity index is 1280. The molecular formula is C24H23N3O4. The zero-order chi connectivity index (χ0) is 22.0. The van der Waals surface area contributed by atoms with E-state index in [4.69, 9.17) is 9.47 Å². The summed E-state index contributed by atoms with van der Waals surface area (Å²) in [5.74, 6) is -0.304. The maximum atomic E-state index is 12.9. The second kappa shape index (κ2) is 8.47. The number of aromatic amines is 1. The van der Waals surface area contributed by atoms with Crippen LogP contribution in [0.25, 0.3) is 33.1 Å². The zero-order valence-corrected chi connectivity index (χ0v) is 17.6. The number of nitrogens with one attached hydrogen (secondary N) is 2. The van der Waals surface area contributed by atoms with Gasteiger partial charge in [0, 0.05) is 21.9 Å². The normalized spacial score (nSPS) is 12.0. The number of carbonyl (C=O) groups excluding carboxylic acids is 2. The Morgan fingerprint density at radius 1 is 1.10 bits per heavy atom. The number of aromatic nitrogens is 2. The van der Waals surface area contributed by atoms with Gasteiger partial charge in [-0.15, -0.1) is 0 Å². The van der Waals surface area contributed by atoms with Gasteiger partial charge >= 0.3 is 5.97 Å². The minimum atomic E-state index is -0.794. The number of ether oxygens (including phenoxy) is 2. The average molecular weight is 417 g/mol. The van der Waals surface area contributed by atoms with Crippen molar-refractivity contribution in [1.29, 1.82) is 0 Å². The molecule has 4 rings (SSSR count). The second-order valence-corrected chi connectivity index (χ2v) is 7.10. The molecule has 1 atom stereocenters. The van der Waals surface area contributed by atoms with Gasteiger partial charge in [0.2, 0.25) is 0 Å². The lowest BCUT2D eigenvalue weighted by Crippen LogP contribution is -2.39. The van der Waals surface area contributed by atoms with Crippen LogP contribution >= 0.6 is 0 Å². The summed E-state index contributed by atoms with van der Waals surface area (Å²) in [4.78, 5) is 32.8. The standard InChI is InChI=1S/C24H23N3O4/c1-4-31-20-12-8-6-10-16(20)21-22-17(15-9-5-7-11-18(15)26-22)13-19(27-21)23(28)25-14(2)24(29)30-3/h5-14,26H,4H2,1-3H3,(H,25,28). The van der Waals surface area contributed by atoms with Gasteiger partial charge in [-0.05, 0) is 38.1 Å². The van der Waals surface area contributed by atoms with E-state index in [-0.39, 0.29) is 5.69 Å². The number of rotatable bonds is 6. The molecule has 2 heterocycles. The first-order valence-electron chi connectivity index (χ1n) is 10.1. The summed E-state index contributed by atoms with van der Waals surface area (Å²) < 4.78 is 10.5. The van der Waals surface area contributed by atoms with Crippen molar-refractivity contribution in [3.63, 3.8) is 0 Å². The Kier molecular flexibility index (Phi) is 5.58. The molecule has 1 unspecified atom stereocenters. The molecule has 2 N–H and O–H groups in total. The SMILES string of the molecule is CCOc1ccccc1-c1nc(C(=O)NC(C)C(=O)OC)cc2c1[nH]c1ccccc12. The smallest absolute Gasteiger partial charge is 0.328 e. The van der Waals surface area contributed by atoms with Crippen molar-refractivity contribution in [1.82, 2.24) is 15.3 Å². The zero-order valence-electron chi connectivity index (χ0n) is 17.6. The van der Waals surface area contributed by atoms with Crippen molar-refractivity contribution in [3.8, 4) is 17.0 Å². The third-order valence-corrected chi connectivity index (χ3v) is 5.07. The summed E-state index contributed by atoms with van der Waals surface area (Å²) in [7, 11) is 1.28. The first-order chi connectivity index (χ1) is 15.0. The average Bonchev–Trinajstić information content (AvgIpc) is 3.17. The van der Waals surface area contributed by atoms with Gasteiger partial charge in [-0.2, -0.15) is 0 Å². The van der Waals surface area contributed by atoms with Crippen molar-refractivity contribution in [2.75, 3.05) is 13.7 Å². The van der Waals surface area contributed by atoms with Crippen LogP contribution < -0.4 is 10.1 Å². The summed E-state index contributed by atoms with van der Waals surface area (Å²) in [6.07, 6.45) is 0. The van der Waals surface area contributed by atoms with E-state index in [2.05, 4.69) is 15.3 Å². The van der Waals surface area contributed by atoms with Crippen LogP contribution in [0.4, 0.5) is 0 Å². The maximum absolute atomic E-state index is 12.9. The van der Waals surface area contributed by atoms with Crippen LogP contribution in [0.15, 0.2) is 54.6 Å². The number of H-pyrrole nitrogens is 1. The first kappa shape index (κ1) is 20.4. The monoisotopic (exact) mass is 417 g/mol. The molecule has 1 amide bonds. The molecule has 31 heavy (non-hydrogen) atoms. The van der Waals surface area contributed by atoms with Crippen LogP contribution in [0.3, 0.4) is 0 Å². The summed E-state index contributed by atoms with van der Waals surface area (Å²) in [5.41, 5.74) is 3.33. The lowest BCUT2D eigenvalue weighted by atomic mass is 10.1. The molecule has 2 aromatic carbocycles. The van der Waals surface area contributed by atoms with E-state index in [9.17, 15) is 9.59 Å². The summed E-state index contributed by atoms with van der Waals surface area (Å²) in [6, 6.07) is 16.4. The topological polar surface area (TPSA) is 93.3 Å². The molecule has 0 spiro atoms. The molecule has 0 aliphatic heterocycles. The van der Waals surface area contributed by atoms with Gasteiger partial charge in [0.1, 0.15) is 17.5 Å². The molecule has 7 heteroatoms. The second-order valence-electron chi connectivity index (χ2n) is 7.10. The summed E-state index contributed by atoms with van der Waals surface area (Å²) >= 11 is 0. The number of benzene rings is 2. The number of carbonyl (C=O) groups is 2. The van der Waals surface area contributed by atoms with E-state index >= 15 is 0 Å². The Morgan fingerprint density at radius 3 is 2.61 bits per heavy atom. The van der Waals surface area contributed by atoms with Gasteiger partial charge < -0.3 is 19.8 Å². The number of amides is 1. The van der Waals surface area contributed by atoms with Crippen LogP contribution in [0, 0.1) is 0 Å². The Labute approximate surface area is 179 Å². The largest absolute Gasteiger partial charge is 0.493 e. The maximum Gasteiger partial charge on any atom is 0.328 e. The number of hydrogen-bond donors (Lipinski definition) is 2. The Morgan fingerprint density at radius 2 is 1.84 bits per heavy atom. The van der Waals surface area contributed by atoms with Crippen molar-refractivity contribution >= 4 is 33.7 Å². The number of nitrogens with zero attached hydrogens (tertiary/aromatic N) is 1. The van der Waals surface area contributed by atoms with E-state index in [1.807, 2.05) is 55.5 Å². The van der Waals surface area contributed by atoms with E-state index in [0.717, 1.165) is 27.4 Å². The molecule has 4 aromatic rings. The van der Waals surface area contributed by atoms with Crippen molar-refractivity contribution in [2.45, 2.75) is 19.9 Å². The Hall–Kier alpha value is -3.87. The molecule has 0 saturated heterocycles. The molecule has 0 fully saturated rings. The fraction of sp³-hybridized carbons (Fsp3) is 0.208. The molecule has 7 nitrogen and oxygen atoms in total. The number of esters is 1. The highest BCUT2D eigenvalue weighted by molar-refractivity contribution is 6.13.